The first kappa shape index (κ1) is 23.7. The zero-order valence-electron chi connectivity index (χ0n) is 19.3. The van der Waals surface area contributed by atoms with Gasteiger partial charge in [0.25, 0.3) is 15.9 Å². The van der Waals surface area contributed by atoms with Crippen LogP contribution in [0.5, 0.6) is 0 Å². The van der Waals surface area contributed by atoms with Crippen molar-refractivity contribution in [3.8, 4) is 0 Å². The minimum Gasteiger partial charge on any atom is -0.322 e. The summed E-state index contributed by atoms with van der Waals surface area (Å²) >= 11 is 1.12. The number of carbonyl (C=O) groups excluding carboxylic acids is 1. The van der Waals surface area contributed by atoms with E-state index in [0.717, 1.165) is 32.7 Å². The minimum atomic E-state index is -3.91. The number of carbonyl (C=O) groups is 1. The number of anilines is 2. The Balaban J connectivity index is 1.61. The van der Waals surface area contributed by atoms with Gasteiger partial charge in [0.15, 0.2) is 0 Å². The summed E-state index contributed by atoms with van der Waals surface area (Å²) in [7, 11) is -3.91. The topological polar surface area (TPSA) is 97.3 Å². The van der Waals surface area contributed by atoms with Crippen molar-refractivity contribution in [2.75, 3.05) is 10.0 Å². The Morgan fingerprint density at radius 1 is 0.941 bits per heavy atom. The van der Waals surface area contributed by atoms with Crippen molar-refractivity contribution >= 4 is 48.9 Å². The number of hydrogen-bond donors (Lipinski definition) is 2. The fourth-order valence-corrected chi connectivity index (χ4v) is 6.23. The molecule has 34 heavy (non-hydrogen) atoms. The molecule has 7 nitrogen and oxygen atoms in total. The summed E-state index contributed by atoms with van der Waals surface area (Å²) in [4.78, 5) is 25.0. The van der Waals surface area contributed by atoms with Crippen molar-refractivity contribution < 1.29 is 13.2 Å². The SMILES string of the molecule is CCn1c(=O)sc2cc(NC(=O)c3ccc(C)c(S(=O)(=O)Nc4cc(C)cc(C)c4)c3)ccc21. The van der Waals surface area contributed by atoms with E-state index in [4.69, 9.17) is 0 Å². The van der Waals surface area contributed by atoms with Gasteiger partial charge in [0.05, 0.1) is 15.1 Å². The zero-order chi connectivity index (χ0) is 24.6. The molecule has 0 aliphatic carbocycles. The van der Waals surface area contributed by atoms with E-state index in [1.54, 1.807) is 54.0 Å². The molecule has 9 heteroatoms. The van der Waals surface area contributed by atoms with E-state index in [0.29, 0.717) is 23.5 Å². The molecule has 0 fully saturated rings. The van der Waals surface area contributed by atoms with E-state index >= 15 is 0 Å². The average Bonchev–Trinajstić information content (AvgIpc) is 3.06. The fraction of sp³-hybridized carbons (Fsp3) is 0.200. The van der Waals surface area contributed by atoms with Crippen molar-refractivity contribution in [2.45, 2.75) is 39.1 Å². The lowest BCUT2D eigenvalue weighted by molar-refractivity contribution is 0.102. The van der Waals surface area contributed by atoms with E-state index < -0.39 is 15.9 Å². The molecule has 1 heterocycles. The van der Waals surface area contributed by atoms with Gasteiger partial charge in [-0.15, -0.1) is 0 Å². The quantitative estimate of drug-likeness (QED) is 0.391. The highest BCUT2D eigenvalue weighted by Crippen LogP contribution is 2.25. The Morgan fingerprint density at radius 2 is 1.65 bits per heavy atom. The van der Waals surface area contributed by atoms with E-state index in [1.165, 1.54) is 6.07 Å². The molecule has 1 amide bonds. The Hall–Kier alpha value is -3.43. The first-order valence-electron chi connectivity index (χ1n) is 10.7. The van der Waals surface area contributed by atoms with Crippen molar-refractivity contribution in [1.29, 1.82) is 0 Å². The number of rotatable bonds is 6. The van der Waals surface area contributed by atoms with Crippen LogP contribution < -0.4 is 14.9 Å². The molecule has 4 aromatic rings. The van der Waals surface area contributed by atoms with Crippen LogP contribution in [0.25, 0.3) is 10.2 Å². The molecular weight excluding hydrogens is 470 g/mol. The van der Waals surface area contributed by atoms with Crippen molar-refractivity contribution in [3.63, 3.8) is 0 Å². The third-order valence-corrected chi connectivity index (χ3v) is 7.92. The molecule has 4 rings (SSSR count). The minimum absolute atomic E-state index is 0.0352. The summed E-state index contributed by atoms with van der Waals surface area (Å²) < 4.78 is 31.3. The summed E-state index contributed by atoms with van der Waals surface area (Å²) in [5, 5.41) is 2.80. The largest absolute Gasteiger partial charge is 0.322 e. The van der Waals surface area contributed by atoms with Crippen molar-refractivity contribution in [1.82, 2.24) is 4.57 Å². The van der Waals surface area contributed by atoms with Crippen LogP contribution in [0.1, 0.15) is 34.0 Å². The van der Waals surface area contributed by atoms with E-state index in [2.05, 4.69) is 10.0 Å². The number of sulfonamides is 1. The third-order valence-electron chi connectivity index (χ3n) is 5.46. The van der Waals surface area contributed by atoms with Gasteiger partial charge < -0.3 is 5.32 Å². The molecule has 0 atom stereocenters. The second kappa shape index (κ2) is 9.08. The molecule has 0 spiro atoms. The van der Waals surface area contributed by atoms with Gasteiger partial charge in [0.1, 0.15) is 0 Å². The number of hydrogen-bond acceptors (Lipinski definition) is 5. The molecule has 0 unspecified atom stereocenters. The second-order valence-electron chi connectivity index (χ2n) is 8.21. The number of fused-ring (bicyclic) bond motifs is 1. The number of thiazole rings is 1. The summed E-state index contributed by atoms with van der Waals surface area (Å²) in [6, 6.07) is 15.3. The third kappa shape index (κ3) is 4.76. The van der Waals surface area contributed by atoms with Crippen LogP contribution in [0.4, 0.5) is 11.4 Å². The summed E-state index contributed by atoms with van der Waals surface area (Å²) in [5.41, 5.74) is 4.44. The van der Waals surface area contributed by atoms with Crippen LogP contribution >= 0.6 is 11.3 Å². The molecule has 3 aromatic carbocycles. The summed E-state index contributed by atoms with van der Waals surface area (Å²) in [6.45, 7) is 7.96. The highest BCUT2D eigenvalue weighted by molar-refractivity contribution is 7.92. The number of nitrogens with one attached hydrogen (secondary N) is 2. The number of aryl methyl sites for hydroxylation is 4. The van der Waals surface area contributed by atoms with E-state index in [9.17, 15) is 18.0 Å². The predicted octanol–water partition coefficient (Wildman–Crippen LogP) is 5.06. The Kier molecular flexibility index (Phi) is 6.33. The lowest BCUT2D eigenvalue weighted by Crippen LogP contribution is -2.17. The van der Waals surface area contributed by atoms with E-state index in [-0.39, 0.29) is 15.3 Å². The molecule has 0 saturated heterocycles. The molecule has 2 N–H and O–H groups in total. The molecular formula is C25H25N3O4S2. The van der Waals surface area contributed by atoms with Gasteiger partial charge in [0, 0.05) is 23.5 Å². The fourth-order valence-electron chi connectivity index (χ4n) is 3.92. The highest BCUT2D eigenvalue weighted by Gasteiger charge is 2.20. The number of nitrogens with zero attached hydrogens (tertiary/aromatic N) is 1. The van der Waals surface area contributed by atoms with Gasteiger partial charge in [-0.25, -0.2) is 8.42 Å². The standard InChI is InChI=1S/C25H25N3O4S2/c1-5-28-21-9-8-19(14-22(21)33-25(28)30)26-24(29)18-7-6-17(4)23(13-18)34(31,32)27-20-11-15(2)10-16(3)12-20/h6-14,27H,5H2,1-4H3,(H,26,29). The number of amides is 1. The van der Waals surface area contributed by atoms with Crippen molar-refractivity contribution in [2.24, 2.45) is 0 Å². The predicted molar refractivity (Wildman–Crippen MR) is 138 cm³/mol. The Labute approximate surface area is 202 Å². The average molecular weight is 496 g/mol. The maximum atomic E-state index is 13.1. The molecule has 176 valence electrons. The lowest BCUT2D eigenvalue weighted by Gasteiger charge is -2.13. The molecule has 1 aromatic heterocycles. The maximum Gasteiger partial charge on any atom is 0.308 e. The highest BCUT2D eigenvalue weighted by atomic mass is 32.2. The molecule has 0 bridgehead atoms. The van der Waals surface area contributed by atoms with Crippen LogP contribution in [-0.4, -0.2) is 18.9 Å². The van der Waals surface area contributed by atoms with Crippen LogP contribution in [-0.2, 0) is 16.6 Å². The lowest BCUT2D eigenvalue weighted by atomic mass is 10.1. The van der Waals surface area contributed by atoms with E-state index in [1.807, 2.05) is 26.8 Å². The van der Waals surface area contributed by atoms with Gasteiger partial charge in [-0.05, 0) is 86.8 Å². The van der Waals surface area contributed by atoms with Gasteiger partial charge in [-0.3, -0.25) is 18.9 Å². The van der Waals surface area contributed by atoms with Gasteiger partial charge in [-0.1, -0.05) is 23.5 Å². The molecule has 0 aliphatic rings. The first-order valence-corrected chi connectivity index (χ1v) is 13.0. The summed E-state index contributed by atoms with van der Waals surface area (Å²) in [6.07, 6.45) is 0. The van der Waals surface area contributed by atoms with Crippen LogP contribution in [0, 0.1) is 20.8 Å². The Bertz CT molecular complexity index is 1560. The van der Waals surface area contributed by atoms with Crippen LogP contribution in [0.15, 0.2) is 64.3 Å². The smallest absolute Gasteiger partial charge is 0.308 e. The number of benzene rings is 3. The molecule has 0 saturated carbocycles. The summed E-state index contributed by atoms with van der Waals surface area (Å²) in [5.74, 6) is -0.440. The van der Waals surface area contributed by atoms with Crippen LogP contribution in [0.3, 0.4) is 0 Å². The van der Waals surface area contributed by atoms with Gasteiger partial charge in [-0.2, -0.15) is 0 Å². The van der Waals surface area contributed by atoms with Crippen molar-refractivity contribution in [3.05, 3.63) is 86.5 Å². The molecule has 0 aliphatic heterocycles. The maximum absolute atomic E-state index is 13.1. The Morgan fingerprint density at radius 3 is 2.32 bits per heavy atom. The monoisotopic (exact) mass is 495 g/mol. The zero-order valence-corrected chi connectivity index (χ0v) is 20.9. The van der Waals surface area contributed by atoms with Crippen LogP contribution in [0.2, 0.25) is 0 Å². The first-order chi connectivity index (χ1) is 16.1. The normalized spacial score (nSPS) is 11.5. The number of aromatic nitrogens is 1. The van der Waals surface area contributed by atoms with Gasteiger partial charge in [0.2, 0.25) is 0 Å². The second-order valence-corrected chi connectivity index (χ2v) is 10.9. The van der Waals surface area contributed by atoms with Gasteiger partial charge >= 0.3 is 4.87 Å². The molecule has 0 radical (unpaired) electrons.